The Hall–Kier alpha value is -6.30. The van der Waals surface area contributed by atoms with Gasteiger partial charge in [-0.25, -0.2) is 5.43 Å². The molecule has 2 amide bonds. The molecule has 17 nitrogen and oxygen atoms in total. The van der Waals surface area contributed by atoms with Crippen LogP contribution in [0.2, 0.25) is 0 Å². The topological polar surface area (TPSA) is 256 Å². The number of Topliss-reactive ketones (excluding diaryl/α,β-unsaturated/α-hetero) is 1. The molecule has 0 saturated heterocycles. The summed E-state index contributed by atoms with van der Waals surface area (Å²) in [5.41, 5.74) is 1.50. The van der Waals surface area contributed by atoms with Crippen molar-refractivity contribution in [3.8, 4) is 23.0 Å². The molecule has 0 saturated carbocycles. The van der Waals surface area contributed by atoms with Crippen LogP contribution in [0.4, 0.5) is 5.69 Å². The first-order chi connectivity index (χ1) is 28.7. The molecule has 326 valence electrons. The van der Waals surface area contributed by atoms with E-state index in [1.807, 2.05) is 0 Å². The predicted molar refractivity (Wildman–Crippen MR) is 223 cm³/mol. The highest BCUT2D eigenvalue weighted by atomic mass is 16.7. The van der Waals surface area contributed by atoms with Gasteiger partial charge in [0.25, 0.3) is 17.6 Å². The number of carbonyl (C=O) groups is 4. The van der Waals surface area contributed by atoms with E-state index >= 15 is 0 Å². The van der Waals surface area contributed by atoms with Gasteiger partial charge in [0, 0.05) is 79.1 Å². The number of allylic oxidation sites excluding steroid dienone is 2. The lowest BCUT2D eigenvalue weighted by atomic mass is 9.78. The van der Waals surface area contributed by atoms with Crippen molar-refractivity contribution in [2.75, 3.05) is 12.4 Å². The number of aromatic hydroxyl groups is 3. The van der Waals surface area contributed by atoms with E-state index in [-0.39, 0.29) is 39.0 Å². The summed E-state index contributed by atoms with van der Waals surface area (Å²) in [5.74, 6) is -9.87. The largest absolute Gasteiger partial charge is 0.507 e. The van der Waals surface area contributed by atoms with Gasteiger partial charge in [-0.3, -0.25) is 24.2 Å². The number of nitrogens with one attached hydrogen (secondary N) is 2. The number of benzene rings is 2. The number of esters is 1. The van der Waals surface area contributed by atoms with Crippen LogP contribution in [-0.4, -0.2) is 97.6 Å². The number of methoxy groups -OCH3 is 1. The number of ether oxygens (including phenoxy) is 4. The Balaban J connectivity index is 1.70. The number of ketones is 1. The minimum Gasteiger partial charge on any atom is -0.507 e. The number of aliphatic hydroxyl groups is 2. The quantitative estimate of drug-likeness (QED) is 0.0592. The lowest BCUT2D eigenvalue weighted by Crippen LogP contribution is -2.46. The second-order valence-electron chi connectivity index (χ2n) is 15.6. The average Bonchev–Trinajstić information content (AvgIpc) is 3.50. The molecule has 0 spiro atoms. The third-order valence-corrected chi connectivity index (χ3v) is 11.3. The zero-order valence-electron chi connectivity index (χ0n) is 35.3. The van der Waals surface area contributed by atoms with Crippen LogP contribution in [0.3, 0.4) is 0 Å². The van der Waals surface area contributed by atoms with E-state index in [1.54, 1.807) is 33.8 Å². The minimum absolute atomic E-state index is 0.0115. The zero-order valence-corrected chi connectivity index (χ0v) is 35.3. The number of anilines is 1. The van der Waals surface area contributed by atoms with Crippen molar-refractivity contribution in [3.05, 3.63) is 82.9 Å². The van der Waals surface area contributed by atoms with Crippen molar-refractivity contribution in [2.24, 2.45) is 28.8 Å². The zero-order chi connectivity index (χ0) is 45.1. The molecule has 3 aliphatic rings. The summed E-state index contributed by atoms with van der Waals surface area (Å²) < 4.78 is 23.5. The summed E-state index contributed by atoms with van der Waals surface area (Å²) >= 11 is 0. The average molecular weight is 845 g/mol. The number of phenolic OH excluding ortho intramolecular Hbond substituents is 3. The van der Waals surface area contributed by atoms with E-state index in [2.05, 4.69) is 20.8 Å². The maximum Gasteiger partial charge on any atom is 0.312 e. The van der Waals surface area contributed by atoms with Crippen LogP contribution in [0.1, 0.15) is 80.3 Å². The van der Waals surface area contributed by atoms with Crippen molar-refractivity contribution in [1.82, 2.24) is 10.4 Å². The Bertz CT molecular complexity index is 2320. The molecular weight excluding hydrogens is 792 g/mol. The van der Waals surface area contributed by atoms with Crippen molar-refractivity contribution in [2.45, 2.75) is 85.6 Å². The van der Waals surface area contributed by atoms with Gasteiger partial charge in [-0.1, -0.05) is 45.9 Å². The smallest absolute Gasteiger partial charge is 0.312 e. The summed E-state index contributed by atoms with van der Waals surface area (Å²) in [4.78, 5) is 57.1. The molecule has 0 radical (unpaired) electrons. The van der Waals surface area contributed by atoms with Gasteiger partial charge in [0.1, 0.15) is 23.4 Å². The molecule has 17 heteroatoms. The maximum atomic E-state index is 14.4. The van der Waals surface area contributed by atoms with Gasteiger partial charge in [0.2, 0.25) is 0 Å². The third kappa shape index (κ3) is 9.08. The summed E-state index contributed by atoms with van der Waals surface area (Å²) in [7, 11) is 1.41. The van der Waals surface area contributed by atoms with E-state index in [9.17, 15) is 44.7 Å². The predicted octanol–water partition coefficient (Wildman–Crippen LogP) is 4.91. The number of aliphatic hydroxyl groups excluding tert-OH is 2. The number of fused-ring (bicyclic) bond motifs is 14. The Kier molecular flexibility index (Phi) is 13.9. The van der Waals surface area contributed by atoms with Gasteiger partial charge in [-0.05, 0) is 32.1 Å². The standard InChI is InChI=1S/C44H52N4O13/c1-20-11-10-12-21(2)42(56)47-33-28(19-46-48-43(57)27-13-16-45-17-14-27)37(53)30-31(38(33)54)36(52)25(6)40-32(30)41(55)44(8,61-40)59-18-15-29(58-9)22(3)39(60-26(7)49)24(5)35(51)23(4)34(20)50/h10-20,22-24,29,34-35,39,50-54H,1-9H3,(H,47,56)(H,48,57)/b11-10-,18-15?,21-12-,46-19+. The van der Waals surface area contributed by atoms with E-state index < -0.39 is 106 Å². The van der Waals surface area contributed by atoms with Gasteiger partial charge in [-0.15, -0.1) is 0 Å². The number of hydrogen-bond donors (Lipinski definition) is 7. The highest BCUT2D eigenvalue weighted by Crippen LogP contribution is 2.55. The molecule has 3 aliphatic heterocycles. The van der Waals surface area contributed by atoms with Crippen LogP contribution in [0.5, 0.6) is 23.0 Å². The second kappa shape index (κ2) is 18.5. The van der Waals surface area contributed by atoms with Crippen LogP contribution in [0.25, 0.3) is 10.8 Å². The van der Waals surface area contributed by atoms with Crippen LogP contribution in [0, 0.1) is 30.6 Å². The van der Waals surface area contributed by atoms with Gasteiger partial charge in [0.15, 0.2) is 5.75 Å². The number of phenols is 3. The van der Waals surface area contributed by atoms with Gasteiger partial charge in [-0.2, -0.15) is 5.10 Å². The van der Waals surface area contributed by atoms with E-state index in [0.717, 1.165) is 12.5 Å². The number of nitrogens with zero attached hydrogens (tertiary/aromatic N) is 2. The Morgan fingerprint density at radius 3 is 2.26 bits per heavy atom. The van der Waals surface area contributed by atoms with E-state index in [4.69, 9.17) is 18.9 Å². The Morgan fingerprint density at radius 2 is 1.62 bits per heavy atom. The number of hydrazone groups is 1. The van der Waals surface area contributed by atoms with Gasteiger partial charge < -0.3 is 49.8 Å². The van der Waals surface area contributed by atoms with Crippen molar-refractivity contribution in [3.63, 3.8) is 0 Å². The fraction of sp³-hybridized carbons (Fsp3) is 0.409. The summed E-state index contributed by atoms with van der Waals surface area (Å²) in [6.45, 7) is 12.2. The lowest BCUT2D eigenvalue weighted by Gasteiger charge is -2.38. The van der Waals surface area contributed by atoms with Crippen LogP contribution in [0.15, 0.2) is 65.8 Å². The molecule has 0 fully saturated rings. The minimum atomic E-state index is -2.11. The number of pyridine rings is 1. The summed E-state index contributed by atoms with van der Waals surface area (Å²) in [6, 6.07) is 2.87. The number of rotatable bonds is 5. The second-order valence-corrected chi connectivity index (χ2v) is 15.6. The van der Waals surface area contributed by atoms with Gasteiger partial charge in [0.05, 0.1) is 53.0 Å². The number of amides is 2. The fourth-order valence-electron chi connectivity index (χ4n) is 7.60. The molecule has 9 atom stereocenters. The first kappa shape index (κ1) is 45.8. The summed E-state index contributed by atoms with van der Waals surface area (Å²) in [6.07, 6.45) is 6.93. The first-order valence-electron chi connectivity index (χ1n) is 19.6. The van der Waals surface area contributed by atoms with Crippen molar-refractivity contribution in [1.29, 1.82) is 0 Å². The Labute approximate surface area is 352 Å². The summed E-state index contributed by atoms with van der Waals surface area (Å²) in [5, 5.41) is 63.9. The molecule has 7 N–H and O–H groups in total. The monoisotopic (exact) mass is 844 g/mol. The lowest BCUT2D eigenvalue weighted by molar-refractivity contribution is -0.160. The molecule has 2 aromatic carbocycles. The number of hydrogen-bond acceptors (Lipinski definition) is 15. The molecule has 4 heterocycles. The molecule has 3 aromatic rings. The van der Waals surface area contributed by atoms with Crippen molar-refractivity contribution < 1.29 is 63.7 Å². The molecular formula is C44H52N4O13. The SMILES string of the molecule is COC1C=COC2(C)Oc3c(C)c(O)c4c(O)c(c(/C=N/NC(=O)c5ccncc5)c(O)c4c3C2=O)NC(=O)/C(C)=C\C=C/C(C)C(O)C(C)C(O)C(C)C(OC(C)=O)C1C. The molecule has 0 aliphatic carbocycles. The van der Waals surface area contributed by atoms with Crippen LogP contribution in [-0.2, 0) is 23.8 Å². The van der Waals surface area contributed by atoms with Gasteiger partial charge >= 0.3 is 11.8 Å². The molecule has 5 bridgehead atoms. The normalized spacial score (nSPS) is 28.8. The van der Waals surface area contributed by atoms with Crippen molar-refractivity contribution >= 4 is 46.2 Å². The van der Waals surface area contributed by atoms with Crippen LogP contribution >= 0.6 is 0 Å². The molecule has 61 heavy (non-hydrogen) atoms. The number of aromatic nitrogens is 1. The first-order valence-corrected chi connectivity index (χ1v) is 19.6. The maximum absolute atomic E-state index is 14.4. The number of carbonyl (C=O) groups excluding carboxylic acids is 4. The van der Waals surface area contributed by atoms with Crippen LogP contribution < -0.4 is 15.5 Å². The van der Waals surface area contributed by atoms with E-state index in [0.29, 0.717) is 0 Å². The third-order valence-electron chi connectivity index (χ3n) is 11.3. The molecule has 1 aromatic heterocycles. The molecule has 6 rings (SSSR count). The highest BCUT2D eigenvalue weighted by Gasteiger charge is 2.50. The van der Waals surface area contributed by atoms with E-state index in [1.165, 1.54) is 77.6 Å². The Morgan fingerprint density at radius 1 is 0.951 bits per heavy atom. The fourth-order valence-corrected chi connectivity index (χ4v) is 7.60. The highest BCUT2D eigenvalue weighted by molar-refractivity contribution is 6.24. The molecule has 9 unspecified atom stereocenters.